The molecular formula is C59H103NO13. The normalized spacial score (nSPS) is 25.9. The first-order valence-electron chi connectivity index (χ1n) is 28.7. The number of ether oxygens (including phenoxy) is 4. The second kappa shape index (κ2) is 44.5. The molecule has 73 heavy (non-hydrogen) atoms. The lowest BCUT2D eigenvalue weighted by molar-refractivity contribution is -0.359. The SMILES string of the molecule is CC/C=C\C/C=C\C/C=C\C/C=C\C/C=C\C/C=C\CCCCCCCCCCCCC(=O)NC(COC1OC(CO)C(OC2OC(CO)C(O)C(O)C2O)C(O)C1O)C(O)CCCCCCCCCCCC. The first kappa shape index (κ1) is 66.5. The van der Waals surface area contributed by atoms with E-state index in [1.807, 2.05) is 0 Å². The van der Waals surface area contributed by atoms with Crippen LogP contribution in [0.3, 0.4) is 0 Å². The molecule has 2 aliphatic heterocycles. The molecule has 0 saturated carbocycles. The lowest BCUT2D eigenvalue weighted by Crippen LogP contribution is -2.65. The molecule has 2 rings (SSSR count). The van der Waals surface area contributed by atoms with Crippen molar-refractivity contribution >= 4 is 5.91 Å². The van der Waals surface area contributed by atoms with Crippen molar-refractivity contribution in [3.05, 3.63) is 72.9 Å². The minimum Gasteiger partial charge on any atom is -0.394 e. The van der Waals surface area contributed by atoms with Gasteiger partial charge in [-0.15, -0.1) is 0 Å². The number of allylic oxidation sites excluding steroid dienone is 12. The molecule has 12 unspecified atom stereocenters. The van der Waals surface area contributed by atoms with E-state index in [1.165, 1.54) is 77.0 Å². The van der Waals surface area contributed by atoms with Crippen LogP contribution in [0.25, 0.3) is 0 Å². The van der Waals surface area contributed by atoms with Crippen molar-refractivity contribution in [3.63, 3.8) is 0 Å². The Morgan fingerprint density at radius 2 is 0.945 bits per heavy atom. The summed E-state index contributed by atoms with van der Waals surface area (Å²) in [6, 6.07) is -0.833. The van der Waals surface area contributed by atoms with Gasteiger partial charge < -0.3 is 65.1 Å². The Kier molecular flexibility index (Phi) is 40.6. The first-order chi connectivity index (χ1) is 35.6. The summed E-state index contributed by atoms with van der Waals surface area (Å²) in [6.07, 6.45) is 40.6. The minimum atomic E-state index is -1.78. The van der Waals surface area contributed by atoms with Gasteiger partial charge in [0.1, 0.15) is 48.8 Å². The van der Waals surface area contributed by atoms with Crippen LogP contribution in [-0.4, -0.2) is 140 Å². The number of rotatable bonds is 44. The number of carbonyl (C=O) groups excluding carboxylic acids is 1. The Labute approximate surface area is 440 Å². The lowest BCUT2D eigenvalue weighted by Gasteiger charge is -2.46. The van der Waals surface area contributed by atoms with Gasteiger partial charge >= 0.3 is 0 Å². The fraction of sp³-hybridized carbons (Fsp3) is 0.780. The number of carbonyl (C=O) groups is 1. The van der Waals surface area contributed by atoms with Crippen molar-refractivity contribution in [1.29, 1.82) is 0 Å². The Balaban J connectivity index is 1.68. The first-order valence-corrected chi connectivity index (χ1v) is 28.7. The second-order valence-corrected chi connectivity index (χ2v) is 20.0. The number of amides is 1. The summed E-state index contributed by atoms with van der Waals surface area (Å²) < 4.78 is 22.8. The molecule has 0 spiro atoms. The zero-order chi connectivity index (χ0) is 53.2. The summed E-state index contributed by atoms with van der Waals surface area (Å²) in [5.41, 5.74) is 0. The fourth-order valence-electron chi connectivity index (χ4n) is 9.06. The molecule has 2 heterocycles. The minimum absolute atomic E-state index is 0.217. The van der Waals surface area contributed by atoms with Gasteiger partial charge in [0.25, 0.3) is 0 Å². The summed E-state index contributed by atoms with van der Waals surface area (Å²) >= 11 is 0. The average Bonchev–Trinajstić information content (AvgIpc) is 3.39. The number of aliphatic hydroxyl groups excluding tert-OH is 8. The van der Waals surface area contributed by atoms with Crippen LogP contribution in [0.4, 0.5) is 0 Å². The van der Waals surface area contributed by atoms with Gasteiger partial charge in [0.15, 0.2) is 12.6 Å². The van der Waals surface area contributed by atoms with E-state index < -0.39 is 86.8 Å². The van der Waals surface area contributed by atoms with E-state index in [0.29, 0.717) is 19.3 Å². The van der Waals surface area contributed by atoms with Crippen molar-refractivity contribution in [2.24, 2.45) is 0 Å². The molecule has 9 N–H and O–H groups in total. The highest BCUT2D eigenvalue weighted by Crippen LogP contribution is 2.30. The molecular weight excluding hydrogens is 931 g/mol. The topological polar surface area (TPSA) is 228 Å². The highest BCUT2D eigenvalue weighted by Gasteiger charge is 2.51. The number of hydrogen-bond acceptors (Lipinski definition) is 13. The van der Waals surface area contributed by atoms with Gasteiger partial charge in [0.2, 0.25) is 5.91 Å². The maximum Gasteiger partial charge on any atom is 0.220 e. The monoisotopic (exact) mass is 1030 g/mol. The van der Waals surface area contributed by atoms with Crippen molar-refractivity contribution in [1.82, 2.24) is 5.32 Å². The summed E-state index contributed by atoms with van der Waals surface area (Å²) in [7, 11) is 0. The van der Waals surface area contributed by atoms with E-state index in [2.05, 4.69) is 92.1 Å². The molecule has 0 aliphatic carbocycles. The average molecular weight is 1030 g/mol. The molecule has 0 bridgehead atoms. The van der Waals surface area contributed by atoms with Crippen LogP contribution in [0, 0.1) is 0 Å². The summed E-state index contributed by atoms with van der Waals surface area (Å²) in [5, 5.41) is 87.0. The van der Waals surface area contributed by atoms with Gasteiger partial charge in [-0.3, -0.25) is 4.79 Å². The smallest absolute Gasteiger partial charge is 0.220 e. The van der Waals surface area contributed by atoms with E-state index in [1.54, 1.807) is 0 Å². The Bertz CT molecular complexity index is 1500. The molecule has 0 aromatic carbocycles. The molecule has 2 saturated heterocycles. The summed E-state index contributed by atoms with van der Waals surface area (Å²) in [4.78, 5) is 13.2. The Hall–Kier alpha value is -2.57. The zero-order valence-electron chi connectivity index (χ0n) is 45.1. The van der Waals surface area contributed by atoms with Gasteiger partial charge in [-0.1, -0.05) is 202 Å². The Morgan fingerprint density at radius 3 is 1.45 bits per heavy atom. The number of unbranched alkanes of at least 4 members (excludes halogenated alkanes) is 19. The number of hydrogen-bond donors (Lipinski definition) is 9. The second-order valence-electron chi connectivity index (χ2n) is 20.0. The third-order valence-electron chi connectivity index (χ3n) is 13.7. The van der Waals surface area contributed by atoms with Gasteiger partial charge in [-0.25, -0.2) is 0 Å². The van der Waals surface area contributed by atoms with E-state index in [4.69, 9.17) is 18.9 Å². The predicted molar refractivity (Wildman–Crippen MR) is 290 cm³/mol. The molecule has 12 atom stereocenters. The van der Waals surface area contributed by atoms with Gasteiger partial charge in [0, 0.05) is 6.42 Å². The van der Waals surface area contributed by atoms with Crippen molar-refractivity contribution < 1.29 is 64.6 Å². The van der Waals surface area contributed by atoms with E-state index in [-0.39, 0.29) is 12.5 Å². The zero-order valence-corrected chi connectivity index (χ0v) is 45.1. The third kappa shape index (κ3) is 30.7. The highest BCUT2D eigenvalue weighted by atomic mass is 16.7. The predicted octanol–water partition coefficient (Wildman–Crippen LogP) is 9.16. The van der Waals surface area contributed by atoms with Gasteiger partial charge in [0.05, 0.1) is 32.0 Å². The molecule has 0 aromatic rings. The quantitative estimate of drug-likeness (QED) is 0.0205. The van der Waals surface area contributed by atoms with E-state index in [0.717, 1.165) is 89.9 Å². The van der Waals surface area contributed by atoms with Crippen LogP contribution in [0.15, 0.2) is 72.9 Å². The maximum absolute atomic E-state index is 13.2. The standard InChI is InChI=1S/C59H103NO13/c1-3-5-7-9-11-13-15-16-17-18-19-20-21-22-23-24-25-26-27-28-29-30-31-32-33-35-37-39-41-43-51(64)60-47(48(63)42-40-38-36-34-14-12-10-8-6-4-2)46-70-58-56(69)54(67)57(50(45-62)72-58)73-59-55(68)53(66)52(65)49(44-61)71-59/h5,7,11,13,16-17,19-20,22-23,25-26,47-50,52-59,61-63,65-69H,3-4,6,8-10,12,14-15,18,21,24,27-46H2,1-2H3,(H,60,64)/b7-5-,13-11-,17-16-,20-19-,23-22-,26-25-. The third-order valence-corrected chi connectivity index (χ3v) is 13.7. The molecule has 0 aromatic heterocycles. The largest absolute Gasteiger partial charge is 0.394 e. The van der Waals surface area contributed by atoms with Gasteiger partial charge in [-0.05, 0) is 64.2 Å². The molecule has 0 radical (unpaired) electrons. The van der Waals surface area contributed by atoms with Crippen molar-refractivity contribution in [2.45, 2.75) is 274 Å². The summed E-state index contributed by atoms with van der Waals surface area (Å²) in [6.45, 7) is 2.71. The Morgan fingerprint density at radius 1 is 0.507 bits per heavy atom. The van der Waals surface area contributed by atoms with Crippen molar-refractivity contribution in [2.75, 3.05) is 19.8 Å². The molecule has 1 amide bonds. The molecule has 14 nitrogen and oxygen atoms in total. The van der Waals surface area contributed by atoms with E-state index >= 15 is 0 Å². The van der Waals surface area contributed by atoms with E-state index in [9.17, 15) is 45.6 Å². The number of nitrogens with one attached hydrogen (secondary N) is 1. The number of aliphatic hydroxyl groups is 8. The molecule has 422 valence electrons. The molecule has 2 aliphatic rings. The summed E-state index contributed by atoms with van der Waals surface area (Å²) in [5.74, 6) is -0.217. The lowest BCUT2D eigenvalue weighted by atomic mass is 9.97. The van der Waals surface area contributed by atoms with Crippen LogP contribution in [0.1, 0.15) is 200 Å². The molecule has 14 heteroatoms. The van der Waals surface area contributed by atoms with Crippen molar-refractivity contribution in [3.8, 4) is 0 Å². The van der Waals surface area contributed by atoms with Crippen LogP contribution in [0.2, 0.25) is 0 Å². The van der Waals surface area contributed by atoms with Crippen LogP contribution in [-0.2, 0) is 23.7 Å². The maximum atomic E-state index is 13.2. The van der Waals surface area contributed by atoms with Crippen LogP contribution < -0.4 is 5.32 Å². The van der Waals surface area contributed by atoms with Crippen LogP contribution >= 0.6 is 0 Å². The highest BCUT2D eigenvalue weighted by molar-refractivity contribution is 5.76. The van der Waals surface area contributed by atoms with Gasteiger partial charge in [-0.2, -0.15) is 0 Å². The fourth-order valence-corrected chi connectivity index (χ4v) is 9.06. The molecule has 2 fully saturated rings. The van der Waals surface area contributed by atoms with Crippen LogP contribution in [0.5, 0.6) is 0 Å².